The molecule has 0 unspecified atom stereocenters. The molecule has 1 aliphatic carbocycles. The lowest BCUT2D eigenvalue weighted by Gasteiger charge is -2.30. The SMILES string of the molecule is CN(C)c1cc(N[C@H]2CC[C@@H](NC(=O)NCc3ccccc3F)CC2)nc2ccccc12. The number of fused-ring (bicyclic) bond motifs is 1. The van der Waals surface area contributed by atoms with E-state index >= 15 is 0 Å². The molecule has 0 saturated heterocycles. The molecule has 1 aromatic heterocycles. The number of nitrogens with zero attached hydrogens (tertiary/aromatic N) is 2. The van der Waals surface area contributed by atoms with Crippen molar-refractivity contribution in [2.45, 2.75) is 44.3 Å². The molecule has 7 heteroatoms. The summed E-state index contributed by atoms with van der Waals surface area (Å²) < 4.78 is 13.7. The van der Waals surface area contributed by atoms with Crippen LogP contribution in [0.1, 0.15) is 31.2 Å². The van der Waals surface area contributed by atoms with Gasteiger partial charge in [-0.2, -0.15) is 0 Å². The highest BCUT2D eigenvalue weighted by atomic mass is 19.1. The zero-order valence-corrected chi connectivity index (χ0v) is 18.6. The molecule has 3 aromatic rings. The van der Waals surface area contributed by atoms with Crippen LogP contribution in [0.25, 0.3) is 10.9 Å². The third-order valence-corrected chi connectivity index (χ3v) is 5.99. The molecule has 1 heterocycles. The minimum atomic E-state index is -0.306. The van der Waals surface area contributed by atoms with Crippen molar-refractivity contribution < 1.29 is 9.18 Å². The number of hydrogen-bond donors (Lipinski definition) is 3. The normalized spacial score (nSPS) is 18.2. The molecule has 6 nitrogen and oxygen atoms in total. The van der Waals surface area contributed by atoms with Gasteiger partial charge in [-0.1, -0.05) is 36.4 Å². The third-order valence-electron chi connectivity index (χ3n) is 5.99. The van der Waals surface area contributed by atoms with Crippen molar-refractivity contribution in [2.75, 3.05) is 24.3 Å². The highest BCUT2D eigenvalue weighted by molar-refractivity contribution is 5.93. The minimum absolute atomic E-state index is 0.121. The van der Waals surface area contributed by atoms with Crippen molar-refractivity contribution in [2.24, 2.45) is 0 Å². The maximum Gasteiger partial charge on any atom is 0.315 e. The Morgan fingerprint density at radius 3 is 2.47 bits per heavy atom. The molecule has 0 radical (unpaired) electrons. The summed E-state index contributed by atoms with van der Waals surface area (Å²) in [7, 11) is 4.08. The second-order valence-corrected chi connectivity index (χ2v) is 8.55. The molecule has 2 amide bonds. The number of nitrogens with one attached hydrogen (secondary N) is 3. The molecule has 0 spiro atoms. The quantitative estimate of drug-likeness (QED) is 0.527. The van der Waals surface area contributed by atoms with Gasteiger partial charge >= 0.3 is 6.03 Å². The number of aromatic nitrogens is 1. The fraction of sp³-hybridized carbons (Fsp3) is 0.360. The van der Waals surface area contributed by atoms with Gasteiger partial charge in [-0.15, -0.1) is 0 Å². The molecule has 168 valence electrons. The van der Waals surface area contributed by atoms with Crippen molar-refractivity contribution in [3.8, 4) is 0 Å². The first-order valence-corrected chi connectivity index (χ1v) is 11.1. The number of carbonyl (C=O) groups is 1. The van der Waals surface area contributed by atoms with Gasteiger partial charge < -0.3 is 20.9 Å². The summed E-state index contributed by atoms with van der Waals surface area (Å²) in [4.78, 5) is 19.1. The Bertz CT molecular complexity index is 1080. The molecule has 1 aliphatic rings. The number of carbonyl (C=O) groups excluding carboxylic acids is 1. The maximum atomic E-state index is 13.7. The van der Waals surface area contributed by atoms with Crippen LogP contribution in [-0.4, -0.2) is 37.2 Å². The molecule has 1 fully saturated rings. The van der Waals surface area contributed by atoms with E-state index in [1.807, 2.05) is 32.3 Å². The number of urea groups is 1. The Kier molecular flexibility index (Phi) is 6.73. The molecule has 0 bridgehead atoms. The molecule has 2 aromatic carbocycles. The van der Waals surface area contributed by atoms with Crippen LogP contribution in [-0.2, 0) is 6.54 Å². The van der Waals surface area contributed by atoms with Crippen molar-refractivity contribution >= 4 is 28.4 Å². The first-order valence-electron chi connectivity index (χ1n) is 11.1. The lowest BCUT2D eigenvalue weighted by Crippen LogP contribution is -2.44. The number of benzene rings is 2. The molecule has 0 aliphatic heterocycles. The van der Waals surface area contributed by atoms with Crippen molar-refractivity contribution in [3.63, 3.8) is 0 Å². The van der Waals surface area contributed by atoms with Crippen LogP contribution in [0.3, 0.4) is 0 Å². The predicted molar refractivity (Wildman–Crippen MR) is 128 cm³/mol. The number of amides is 2. The van der Waals surface area contributed by atoms with E-state index in [2.05, 4.69) is 33.0 Å². The zero-order chi connectivity index (χ0) is 22.5. The van der Waals surface area contributed by atoms with Crippen LogP contribution < -0.4 is 20.9 Å². The Labute approximate surface area is 188 Å². The van der Waals surface area contributed by atoms with E-state index in [0.717, 1.165) is 48.1 Å². The van der Waals surface area contributed by atoms with E-state index in [4.69, 9.17) is 4.98 Å². The maximum absolute atomic E-state index is 13.7. The van der Waals surface area contributed by atoms with Gasteiger partial charge in [-0.25, -0.2) is 14.2 Å². The summed E-state index contributed by atoms with van der Waals surface area (Å²) in [6, 6.07) is 16.9. The van der Waals surface area contributed by atoms with E-state index in [1.54, 1.807) is 18.2 Å². The Morgan fingerprint density at radius 2 is 1.72 bits per heavy atom. The smallest absolute Gasteiger partial charge is 0.315 e. The molecule has 1 saturated carbocycles. The summed E-state index contributed by atoms with van der Waals surface area (Å²) in [5.41, 5.74) is 2.60. The van der Waals surface area contributed by atoms with Gasteiger partial charge in [0.25, 0.3) is 0 Å². The standard InChI is InChI=1S/C25H30FN5O/c1-31(2)23-15-24(30-22-10-6-4-8-20(22)23)28-18-11-13-19(14-12-18)29-25(32)27-16-17-7-3-5-9-21(17)26/h3-10,15,18-19H,11-14,16H2,1-2H3,(H,28,30)(H2,27,29,32)/t18-,19+. The van der Waals surface area contributed by atoms with Crippen LogP contribution in [0.4, 0.5) is 20.7 Å². The van der Waals surface area contributed by atoms with Gasteiger partial charge in [0.2, 0.25) is 0 Å². The second kappa shape index (κ2) is 9.85. The highest BCUT2D eigenvalue weighted by Gasteiger charge is 2.23. The summed E-state index contributed by atoms with van der Waals surface area (Å²) >= 11 is 0. The van der Waals surface area contributed by atoms with Gasteiger partial charge in [-0.05, 0) is 37.8 Å². The predicted octanol–water partition coefficient (Wildman–Crippen LogP) is 4.66. The van der Waals surface area contributed by atoms with E-state index in [9.17, 15) is 9.18 Å². The third kappa shape index (κ3) is 5.28. The summed E-state index contributed by atoms with van der Waals surface area (Å²) in [5.74, 6) is 0.575. The topological polar surface area (TPSA) is 69.3 Å². The lowest BCUT2D eigenvalue weighted by molar-refractivity contribution is 0.231. The summed E-state index contributed by atoms with van der Waals surface area (Å²) in [5, 5.41) is 10.5. The molecule has 3 N–H and O–H groups in total. The number of halogens is 1. The number of pyridine rings is 1. The van der Waals surface area contributed by atoms with Crippen molar-refractivity contribution in [3.05, 3.63) is 66.0 Å². The van der Waals surface area contributed by atoms with E-state index in [1.165, 1.54) is 6.07 Å². The van der Waals surface area contributed by atoms with Gasteiger partial charge in [0.05, 0.1) is 5.52 Å². The number of anilines is 2. The molecule has 0 atom stereocenters. The van der Waals surface area contributed by atoms with Crippen LogP contribution >= 0.6 is 0 Å². The second-order valence-electron chi connectivity index (χ2n) is 8.55. The van der Waals surface area contributed by atoms with Crippen molar-refractivity contribution in [1.82, 2.24) is 15.6 Å². The largest absolute Gasteiger partial charge is 0.377 e. The number of para-hydroxylation sites is 1. The number of rotatable bonds is 6. The van der Waals surface area contributed by atoms with Gasteiger partial charge in [0.1, 0.15) is 11.6 Å². The van der Waals surface area contributed by atoms with Gasteiger partial charge in [0.15, 0.2) is 0 Å². The van der Waals surface area contributed by atoms with Crippen LogP contribution in [0.15, 0.2) is 54.6 Å². The average Bonchev–Trinajstić information content (AvgIpc) is 2.79. The van der Waals surface area contributed by atoms with Gasteiger partial charge in [0, 0.05) is 55.4 Å². The van der Waals surface area contributed by atoms with Crippen LogP contribution in [0.5, 0.6) is 0 Å². The first-order chi connectivity index (χ1) is 15.5. The summed E-state index contributed by atoms with van der Waals surface area (Å²) in [6.07, 6.45) is 3.67. The van der Waals surface area contributed by atoms with E-state index < -0.39 is 0 Å². The molecule has 4 rings (SSSR count). The molecular formula is C25H30FN5O. The first kappa shape index (κ1) is 21.9. The Balaban J connectivity index is 1.29. The highest BCUT2D eigenvalue weighted by Crippen LogP contribution is 2.29. The Hall–Kier alpha value is -3.35. The summed E-state index contributed by atoms with van der Waals surface area (Å²) in [6.45, 7) is 0.178. The van der Waals surface area contributed by atoms with Crippen molar-refractivity contribution in [1.29, 1.82) is 0 Å². The fourth-order valence-corrected chi connectivity index (χ4v) is 4.25. The fourth-order valence-electron chi connectivity index (χ4n) is 4.25. The molecular weight excluding hydrogens is 405 g/mol. The Morgan fingerprint density at radius 1 is 1.03 bits per heavy atom. The van der Waals surface area contributed by atoms with Crippen LogP contribution in [0, 0.1) is 5.82 Å². The molecule has 32 heavy (non-hydrogen) atoms. The minimum Gasteiger partial charge on any atom is -0.377 e. The van der Waals surface area contributed by atoms with Gasteiger partial charge in [-0.3, -0.25) is 0 Å². The van der Waals surface area contributed by atoms with Crippen LogP contribution in [0.2, 0.25) is 0 Å². The lowest BCUT2D eigenvalue weighted by atomic mass is 9.91. The zero-order valence-electron chi connectivity index (χ0n) is 18.6. The number of hydrogen-bond acceptors (Lipinski definition) is 4. The monoisotopic (exact) mass is 435 g/mol. The average molecular weight is 436 g/mol. The van der Waals surface area contributed by atoms with E-state index in [-0.39, 0.29) is 24.4 Å². The van der Waals surface area contributed by atoms with E-state index in [0.29, 0.717) is 11.6 Å².